The van der Waals surface area contributed by atoms with Crippen LogP contribution in [0.4, 0.5) is 0 Å². The van der Waals surface area contributed by atoms with E-state index < -0.39 is 17.9 Å². The second-order valence-corrected chi connectivity index (χ2v) is 5.98. The number of hydrogen-bond acceptors (Lipinski definition) is 4. The van der Waals surface area contributed by atoms with Gasteiger partial charge in [-0.2, -0.15) is 0 Å². The highest BCUT2D eigenvalue weighted by molar-refractivity contribution is 7.13. The molecule has 0 saturated carbocycles. The number of hydrogen-bond donors (Lipinski definition) is 3. The predicted octanol–water partition coefficient (Wildman–Crippen LogP) is 1.55. The number of aliphatic carboxylic acids is 1. The Morgan fingerprint density at radius 1 is 1.33 bits per heavy atom. The quantitative estimate of drug-likeness (QED) is 0.678. The summed E-state index contributed by atoms with van der Waals surface area (Å²) in [5.74, 6) is -1.89. The van der Waals surface area contributed by atoms with Crippen LogP contribution in [-0.2, 0) is 9.59 Å². The van der Waals surface area contributed by atoms with E-state index >= 15 is 0 Å². The highest BCUT2D eigenvalue weighted by Crippen LogP contribution is 2.14. The Morgan fingerprint density at radius 2 is 2.05 bits per heavy atom. The average molecular weight is 312 g/mol. The zero-order valence-electron chi connectivity index (χ0n) is 12.1. The first kappa shape index (κ1) is 17.2. The van der Waals surface area contributed by atoms with Crippen molar-refractivity contribution in [3.63, 3.8) is 0 Å². The zero-order valence-corrected chi connectivity index (χ0v) is 13.0. The van der Waals surface area contributed by atoms with Crippen molar-refractivity contribution in [2.75, 3.05) is 6.54 Å². The van der Waals surface area contributed by atoms with Crippen LogP contribution in [0.25, 0.3) is 0 Å². The Kier molecular flexibility index (Phi) is 6.87. The largest absolute Gasteiger partial charge is 0.480 e. The van der Waals surface area contributed by atoms with Crippen LogP contribution >= 0.6 is 11.3 Å². The van der Waals surface area contributed by atoms with Gasteiger partial charge in [0.25, 0.3) is 5.91 Å². The van der Waals surface area contributed by atoms with Crippen LogP contribution in [0.5, 0.6) is 0 Å². The molecule has 3 N–H and O–H groups in total. The highest BCUT2D eigenvalue weighted by atomic mass is 32.1. The molecular weight excluding hydrogens is 292 g/mol. The Balaban J connectivity index is 2.42. The van der Waals surface area contributed by atoms with Gasteiger partial charge in [-0.1, -0.05) is 19.8 Å². The molecule has 0 bridgehead atoms. The monoisotopic (exact) mass is 312 g/mol. The van der Waals surface area contributed by atoms with Gasteiger partial charge in [-0.3, -0.25) is 9.59 Å². The fourth-order valence-electron chi connectivity index (χ4n) is 1.72. The van der Waals surface area contributed by atoms with E-state index in [-0.39, 0.29) is 12.5 Å². The van der Waals surface area contributed by atoms with Crippen molar-refractivity contribution >= 4 is 29.1 Å². The maximum absolute atomic E-state index is 11.8. The van der Waals surface area contributed by atoms with Gasteiger partial charge in [0.2, 0.25) is 5.91 Å². The Labute approximate surface area is 127 Å². The summed E-state index contributed by atoms with van der Waals surface area (Å²) in [5, 5.41) is 13.9. The number of thiophene rings is 1. The number of carboxylic acids is 1. The summed E-state index contributed by atoms with van der Waals surface area (Å²) in [6.45, 7) is 3.61. The van der Waals surface area contributed by atoms with E-state index in [0.717, 1.165) is 17.7 Å². The van der Waals surface area contributed by atoms with Gasteiger partial charge in [0.15, 0.2) is 0 Å². The van der Waals surface area contributed by atoms with Crippen LogP contribution in [-0.4, -0.2) is 35.5 Å². The minimum absolute atomic E-state index is 0.230. The molecule has 116 valence electrons. The molecule has 1 rings (SSSR count). The van der Waals surface area contributed by atoms with E-state index in [1.54, 1.807) is 6.07 Å². The highest BCUT2D eigenvalue weighted by Gasteiger charge is 2.19. The first-order valence-electron chi connectivity index (χ1n) is 6.80. The third kappa shape index (κ3) is 5.95. The number of amides is 2. The number of unbranched alkanes of at least 4 members (excludes halogenated alkanes) is 1. The lowest BCUT2D eigenvalue weighted by Crippen LogP contribution is -2.45. The summed E-state index contributed by atoms with van der Waals surface area (Å²) >= 11 is 1.34. The number of carboxylic acid groups (broad SMARTS) is 1. The van der Waals surface area contributed by atoms with Crippen molar-refractivity contribution in [3.8, 4) is 0 Å². The van der Waals surface area contributed by atoms with Crippen molar-refractivity contribution in [2.24, 2.45) is 0 Å². The van der Waals surface area contributed by atoms with E-state index in [1.165, 1.54) is 11.3 Å². The molecule has 6 nitrogen and oxygen atoms in total. The molecule has 1 atom stereocenters. The van der Waals surface area contributed by atoms with Gasteiger partial charge >= 0.3 is 5.97 Å². The summed E-state index contributed by atoms with van der Waals surface area (Å²) < 4.78 is 0. The zero-order chi connectivity index (χ0) is 15.8. The summed E-state index contributed by atoms with van der Waals surface area (Å²) in [4.78, 5) is 36.0. The molecule has 0 fully saturated rings. The second-order valence-electron chi connectivity index (χ2n) is 4.69. The molecule has 1 heterocycles. The maximum Gasteiger partial charge on any atom is 0.326 e. The molecule has 0 radical (unpaired) electrons. The third-order valence-electron chi connectivity index (χ3n) is 2.85. The Morgan fingerprint density at radius 3 is 2.57 bits per heavy atom. The van der Waals surface area contributed by atoms with Gasteiger partial charge in [-0.25, -0.2) is 4.79 Å². The molecule has 1 aromatic rings. The standard InChI is InChI=1S/C14H20N2O4S/c1-3-4-5-10(14(19)20)16-12(17)8-15-13(18)11-7-6-9(2)21-11/h6-7,10H,3-5,8H2,1-2H3,(H,15,18)(H,16,17)(H,19,20)/t10-/m0/s1. The fourth-order valence-corrected chi connectivity index (χ4v) is 2.50. The van der Waals surface area contributed by atoms with E-state index in [1.807, 2.05) is 19.9 Å². The van der Waals surface area contributed by atoms with E-state index in [2.05, 4.69) is 10.6 Å². The van der Waals surface area contributed by atoms with Crippen LogP contribution in [0.1, 0.15) is 40.7 Å². The fraction of sp³-hybridized carbons (Fsp3) is 0.500. The van der Waals surface area contributed by atoms with Gasteiger partial charge in [0, 0.05) is 4.88 Å². The molecule has 7 heteroatoms. The topological polar surface area (TPSA) is 95.5 Å². The van der Waals surface area contributed by atoms with Crippen molar-refractivity contribution in [1.82, 2.24) is 10.6 Å². The smallest absolute Gasteiger partial charge is 0.326 e. The van der Waals surface area contributed by atoms with Crippen LogP contribution in [0.15, 0.2) is 12.1 Å². The lowest BCUT2D eigenvalue weighted by Gasteiger charge is -2.14. The van der Waals surface area contributed by atoms with E-state index in [0.29, 0.717) is 11.3 Å². The molecule has 0 unspecified atom stereocenters. The summed E-state index contributed by atoms with van der Waals surface area (Å²) in [5.41, 5.74) is 0. The van der Waals surface area contributed by atoms with Crippen LogP contribution in [0, 0.1) is 6.92 Å². The van der Waals surface area contributed by atoms with Crippen molar-refractivity contribution in [1.29, 1.82) is 0 Å². The first-order chi connectivity index (χ1) is 9.93. The van der Waals surface area contributed by atoms with Crippen molar-refractivity contribution in [2.45, 2.75) is 39.2 Å². The van der Waals surface area contributed by atoms with Gasteiger partial charge in [-0.15, -0.1) is 11.3 Å². The Hall–Kier alpha value is -1.89. The number of nitrogens with one attached hydrogen (secondary N) is 2. The molecule has 0 aliphatic heterocycles. The lowest BCUT2D eigenvalue weighted by molar-refractivity contribution is -0.141. The number of aryl methyl sites for hydroxylation is 1. The minimum Gasteiger partial charge on any atom is -0.480 e. The molecule has 0 aliphatic rings. The SMILES string of the molecule is CCCC[C@H](NC(=O)CNC(=O)c1ccc(C)s1)C(=O)O. The summed E-state index contributed by atoms with van der Waals surface area (Å²) in [6.07, 6.45) is 1.96. The number of carbonyl (C=O) groups is 3. The first-order valence-corrected chi connectivity index (χ1v) is 7.62. The molecule has 0 saturated heterocycles. The van der Waals surface area contributed by atoms with Crippen molar-refractivity contribution < 1.29 is 19.5 Å². The minimum atomic E-state index is -1.06. The Bertz CT molecular complexity index is 513. The van der Waals surface area contributed by atoms with Crippen LogP contribution in [0.3, 0.4) is 0 Å². The predicted molar refractivity (Wildman–Crippen MR) is 80.5 cm³/mol. The third-order valence-corrected chi connectivity index (χ3v) is 3.85. The molecule has 1 aromatic heterocycles. The molecular formula is C14H20N2O4S. The van der Waals surface area contributed by atoms with Gasteiger partial charge in [0.1, 0.15) is 6.04 Å². The van der Waals surface area contributed by atoms with Gasteiger partial charge in [0.05, 0.1) is 11.4 Å². The second kappa shape index (κ2) is 8.41. The van der Waals surface area contributed by atoms with E-state index in [4.69, 9.17) is 5.11 Å². The molecule has 0 aliphatic carbocycles. The van der Waals surface area contributed by atoms with Crippen molar-refractivity contribution in [3.05, 3.63) is 21.9 Å². The maximum atomic E-state index is 11.8. The molecule has 0 aromatic carbocycles. The van der Waals surface area contributed by atoms with Gasteiger partial charge < -0.3 is 15.7 Å². The van der Waals surface area contributed by atoms with Gasteiger partial charge in [-0.05, 0) is 25.5 Å². The molecule has 2 amide bonds. The summed E-state index contributed by atoms with van der Waals surface area (Å²) in [6, 6.07) is 2.61. The van der Waals surface area contributed by atoms with E-state index in [9.17, 15) is 14.4 Å². The molecule has 0 spiro atoms. The average Bonchev–Trinajstić information content (AvgIpc) is 2.87. The summed E-state index contributed by atoms with van der Waals surface area (Å²) in [7, 11) is 0. The van der Waals surface area contributed by atoms with Crippen LogP contribution in [0.2, 0.25) is 0 Å². The number of rotatable bonds is 8. The lowest BCUT2D eigenvalue weighted by atomic mass is 10.1. The number of carbonyl (C=O) groups excluding carboxylic acids is 2. The normalized spacial score (nSPS) is 11.7. The van der Waals surface area contributed by atoms with Crippen LogP contribution < -0.4 is 10.6 Å². The molecule has 21 heavy (non-hydrogen) atoms.